The Hall–Kier alpha value is -1.50. The molecule has 0 amide bonds. The van der Waals surface area contributed by atoms with Gasteiger partial charge in [0.05, 0.1) is 5.52 Å². The highest BCUT2D eigenvalue weighted by molar-refractivity contribution is 14.1. The van der Waals surface area contributed by atoms with E-state index in [2.05, 4.69) is 15.1 Å². The van der Waals surface area contributed by atoms with Crippen LogP contribution < -0.4 is 0 Å². The zero-order valence-corrected chi connectivity index (χ0v) is 10.2. The van der Waals surface area contributed by atoms with Crippen LogP contribution in [0.15, 0.2) is 40.9 Å². The third-order valence-electron chi connectivity index (χ3n) is 2.22. The summed E-state index contributed by atoms with van der Waals surface area (Å²) in [5, 5.41) is 4.83. The zero-order valence-electron chi connectivity index (χ0n) is 8.09. The molecule has 0 bridgehead atoms. The standard InChI is InChI=1S/C11H6IN3O/c12-11-14-10(16-15-11)9-6-5-7-3-1-2-4-8(7)13-9/h1-6H. The molecule has 0 aliphatic carbocycles. The predicted octanol–water partition coefficient (Wildman–Crippen LogP) is 2.89. The lowest BCUT2D eigenvalue weighted by Crippen LogP contribution is -1.85. The first-order valence-corrected chi connectivity index (χ1v) is 5.76. The molecule has 1 aromatic carbocycles. The van der Waals surface area contributed by atoms with Crippen LogP contribution in [0.5, 0.6) is 0 Å². The zero-order chi connectivity index (χ0) is 11.0. The molecule has 0 aliphatic heterocycles. The summed E-state index contributed by atoms with van der Waals surface area (Å²) >= 11 is 2.00. The summed E-state index contributed by atoms with van der Waals surface area (Å²) in [6, 6.07) is 11.8. The van der Waals surface area contributed by atoms with Gasteiger partial charge in [-0.05, 0) is 12.1 Å². The second-order valence-corrected chi connectivity index (χ2v) is 4.22. The Labute approximate surface area is 105 Å². The lowest BCUT2D eigenvalue weighted by atomic mass is 10.2. The number of para-hydroxylation sites is 1. The van der Waals surface area contributed by atoms with Crippen LogP contribution in [-0.4, -0.2) is 15.1 Å². The molecule has 0 radical (unpaired) electrons. The minimum absolute atomic E-state index is 0.454. The Balaban J connectivity index is 2.18. The normalized spacial score (nSPS) is 10.8. The molecule has 3 aromatic rings. The maximum Gasteiger partial charge on any atom is 0.277 e. The van der Waals surface area contributed by atoms with Crippen molar-refractivity contribution in [2.75, 3.05) is 0 Å². The molecule has 0 atom stereocenters. The van der Waals surface area contributed by atoms with E-state index in [1.807, 2.05) is 59.0 Å². The molecule has 0 fully saturated rings. The molecule has 4 nitrogen and oxygen atoms in total. The molecular formula is C11H6IN3O. The summed E-state index contributed by atoms with van der Waals surface area (Å²) in [7, 11) is 0. The van der Waals surface area contributed by atoms with E-state index in [0.29, 0.717) is 15.4 Å². The van der Waals surface area contributed by atoms with E-state index >= 15 is 0 Å². The van der Waals surface area contributed by atoms with E-state index in [0.717, 1.165) is 10.9 Å². The van der Waals surface area contributed by atoms with Gasteiger partial charge in [-0.1, -0.05) is 29.4 Å². The number of halogens is 1. The van der Waals surface area contributed by atoms with Gasteiger partial charge in [-0.25, -0.2) is 4.98 Å². The molecule has 0 aliphatic rings. The molecule has 2 heterocycles. The Kier molecular flexibility index (Phi) is 2.32. The monoisotopic (exact) mass is 323 g/mol. The molecule has 16 heavy (non-hydrogen) atoms. The predicted molar refractivity (Wildman–Crippen MR) is 67.8 cm³/mol. The summed E-state index contributed by atoms with van der Waals surface area (Å²) in [4.78, 5) is 8.59. The van der Waals surface area contributed by atoms with Gasteiger partial charge >= 0.3 is 0 Å². The average Bonchev–Trinajstić information content (AvgIpc) is 2.75. The largest absolute Gasteiger partial charge is 0.331 e. The average molecular weight is 323 g/mol. The van der Waals surface area contributed by atoms with E-state index in [9.17, 15) is 0 Å². The van der Waals surface area contributed by atoms with Crippen LogP contribution in [0, 0.1) is 3.83 Å². The van der Waals surface area contributed by atoms with Crippen molar-refractivity contribution in [2.45, 2.75) is 0 Å². The van der Waals surface area contributed by atoms with Crippen LogP contribution >= 0.6 is 22.6 Å². The molecule has 5 heteroatoms. The van der Waals surface area contributed by atoms with Crippen molar-refractivity contribution in [3.8, 4) is 11.6 Å². The molecule has 78 valence electrons. The fraction of sp³-hybridized carbons (Fsp3) is 0. The Bertz CT molecular complexity index is 650. The van der Waals surface area contributed by atoms with E-state index < -0.39 is 0 Å². The summed E-state index contributed by atoms with van der Waals surface area (Å²) < 4.78 is 5.65. The second kappa shape index (κ2) is 3.82. The number of pyridine rings is 1. The van der Waals surface area contributed by atoms with Crippen LogP contribution in [0.2, 0.25) is 0 Å². The molecule has 0 saturated heterocycles. The minimum atomic E-state index is 0.454. The maximum absolute atomic E-state index is 5.07. The molecular weight excluding hydrogens is 317 g/mol. The number of fused-ring (bicyclic) bond motifs is 1. The van der Waals surface area contributed by atoms with Crippen LogP contribution in [0.3, 0.4) is 0 Å². The van der Waals surface area contributed by atoms with E-state index in [1.54, 1.807) is 0 Å². The lowest BCUT2D eigenvalue weighted by molar-refractivity contribution is 0.424. The highest BCUT2D eigenvalue weighted by Gasteiger charge is 2.08. The van der Waals surface area contributed by atoms with Gasteiger partial charge in [0.25, 0.3) is 5.89 Å². The summed E-state index contributed by atoms with van der Waals surface area (Å²) in [6.45, 7) is 0. The SMILES string of the molecule is Ic1noc(-c2ccc3ccccc3n2)n1. The molecule has 2 aromatic heterocycles. The van der Waals surface area contributed by atoms with Gasteiger partial charge in [-0.3, -0.25) is 0 Å². The highest BCUT2D eigenvalue weighted by Crippen LogP contribution is 2.19. The summed E-state index contributed by atoms with van der Waals surface area (Å²) in [5.41, 5.74) is 1.63. The molecule has 0 spiro atoms. The van der Waals surface area contributed by atoms with Crippen LogP contribution in [-0.2, 0) is 0 Å². The van der Waals surface area contributed by atoms with Crippen molar-refractivity contribution in [1.29, 1.82) is 0 Å². The van der Waals surface area contributed by atoms with Crippen molar-refractivity contribution < 1.29 is 4.52 Å². The summed E-state index contributed by atoms with van der Waals surface area (Å²) in [5.74, 6) is 0.454. The highest BCUT2D eigenvalue weighted by atomic mass is 127. The van der Waals surface area contributed by atoms with Crippen molar-refractivity contribution in [2.24, 2.45) is 0 Å². The Morgan fingerprint density at radius 3 is 2.69 bits per heavy atom. The van der Waals surface area contributed by atoms with Crippen LogP contribution in [0.4, 0.5) is 0 Å². The van der Waals surface area contributed by atoms with Crippen LogP contribution in [0.25, 0.3) is 22.5 Å². The Morgan fingerprint density at radius 1 is 1.00 bits per heavy atom. The quantitative estimate of drug-likeness (QED) is 0.646. The molecule has 0 N–H and O–H groups in total. The number of rotatable bonds is 1. The molecule has 0 unspecified atom stereocenters. The van der Waals surface area contributed by atoms with Gasteiger partial charge in [-0.2, -0.15) is 4.98 Å². The van der Waals surface area contributed by atoms with Crippen molar-refractivity contribution in [3.05, 3.63) is 40.2 Å². The summed E-state index contributed by atoms with van der Waals surface area (Å²) in [6.07, 6.45) is 0. The van der Waals surface area contributed by atoms with Crippen molar-refractivity contribution in [1.82, 2.24) is 15.1 Å². The topological polar surface area (TPSA) is 51.8 Å². The van der Waals surface area contributed by atoms with Gasteiger partial charge in [0, 0.05) is 28.0 Å². The second-order valence-electron chi connectivity index (χ2n) is 3.26. The fourth-order valence-electron chi connectivity index (χ4n) is 1.49. The van der Waals surface area contributed by atoms with Gasteiger partial charge < -0.3 is 4.52 Å². The Morgan fingerprint density at radius 2 is 1.88 bits per heavy atom. The van der Waals surface area contributed by atoms with Crippen LogP contribution in [0.1, 0.15) is 0 Å². The van der Waals surface area contributed by atoms with Crippen molar-refractivity contribution in [3.63, 3.8) is 0 Å². The smallest absolute Gasteiger partial charge is 0.277 e. The lowest BCUT2D eigenvalue weighted by Gasteiger charge is -1.97. The van der Waals surface area contributed by atoms with Gasteiger partial charge in [0.15, 0.2) is 0 Å². The van der Waals surface area contributed by atoms with Crippen molar-refractivity contribution >= 4 is 33.5 Å². The number of hydrogen-bond acceptors (Lipinski definition) is 4. The van der Waals surface area contributed by atoms with Gasteiger partial charge in [-0.15, -0.1) is 0 Å². The van der Waals surface area contributed by atoms with E-state index in [-0.39, 0.29) is 0 Å². The molecule has 3 rings (SSSR count). The number of hydrogen-bond donors (Lipinski definition) is 0. The number of aromatic nitrogens is 3. The van der Waals surface area contributed by atoms with E-state index in [1.165, 1.54) is 0 Å². The number of nitrogens with zero attached hydrogens (tertiary/aromatic N) is 3. The molecule has 0 saturated carbocycles. The first kappa shape index (κ1) is 9.71. The first-order valence-electron chi connectivity index (χ1n) is 4.68. The van der Waals surface area contributed by atoms with Gasteiger partial charge in [0.2, 0.25) is 3.83 Å². The minimum Gasteiger partial charge on any atom is -0.331 e. The third kappa shape index (κ3) is 1.67. The van der Waals surface area contributed by atoms with Gasteiger partial charge in [0.1, 0.15) is 5.69 Å². The number of benzene rings is 1. The first-order chi connectivity index (χ1) is 7.83. The van der Waals surface area contributed by atoms with E-state index in [4.69, 9.17) is 4.52 Å². The maximum atomic E-state index is 5.07. The fourth-order valence-corrected chi connectivity index (χ4v) is 1.81. The third-order valence-corrected chi connectivity index (χ3v) is 2.66.